The molecule has 1 aromatic rings. The number of methoxy groups -OCH3 is 1. The third-order valence-electron chi connectivity index (χ3n) is 3.30. The molecule has 8 heteroatoms. The Hall–Kier alpha value is -3.16. The van der Waals surface area contributed by atoms with E-state index >= 15 is 0 Å². The van der Waals surface area contributed by atoms with Crippen LogP contribution in [-0.4, -0.2) is 47.8 Å². The smallest absolute Gasteiger partial charge is 0.330 e. The van der Waals surface area contributed by atoms with Gasteiger partial charge in [0.15, 0.2) is 23.2 Å². The van der Waals surface area contributed by atoms with Crippen LogP contribution in [0.15, 0.2) is 24.3 Å². The van der Waals surface area contributed by atoms with E-state index in [9.17, 15) is 24.3 Å². The van der Waals surface area contributed by atoms with Gasteiger partial charge in [-0.2, -0.15) is 0 Å². The van der Waals surface area contributed by atoms with Gasteiger partial charge in [0, 0.05) is 7.05 Å². The molecule has 0 aromatic heterocycles. The molecule has 1 saturated heterocycles. The second-order valence-corrected chi connectivity index (χ2v) is 4.79. The molecular formula is C15H14N2O6. The number of phenolic OH excluding ortho intramolecular Hbond substituents is 1. The van der Waals surface area contributed by atoms with Crippen molar-refractivity contribution in [1.82, 2.24) is 10.2 Å². The molecule has 1 aliphatic heterocycles. The van der Waals surface area contributed by atoms with Gasteiger partial charge in [-0.1, -0.05) is 12.1 Å². The van der Waals surface area contributed by atoms with Gasteiger partial charge in [-0.05, 0) is 23.8 Å². The lowest BCUT2D eigenvalue weighted by molar-refractivity contribution is -0.145. The van der Waals surface area contributed by atoms with Crippen LogP contribution in [0.4, 0.5) is 4.79 Å². The molecule has 8 nitrogen and oxygen atoms in total. The van der Waals surface area contributed by atoms with E-state index in [2.05, 4.69) is 0 Å². The number of rotatable bonds is 4. The third-order valence-corrected chi connectivity index (χ3v) is 3.30. The predicted molar refractivity (Wildman–Crippen MR) is 78.5 cm³/mol. The minimum absolute atomic E-state index is 0.0575. The maximum Gasteiger partial charge on any atom is 0.330 e. The number of imide groups is 2. The van der Waals surface area contributed by atoms with Crippen LogP contribution in [0.25, 0.3) is 6.08 Å². The summed E-state index contributed by atoms with van der Waals surface area (Å²) in [5.74, 6) is -4.01. The summed E-state index contributed by atoms with van der Waals surface area (Å²) in [6.07, 6.45) is 2.44. The normalized spacial score (nSPS) is 18.3. The number of phenols is 1. The molecule has 1 aliphatic rings. The monoisotopic (exact) mass is 318 g/mol. The fraction of sp³-hybridized carbons (Fsp3) is 0.200. The average Bonchev–Trinajstić information content (AvgIpc) is 2.52. The number of aromatic hydroxyl groups is 1. The number of carbonyl (C=O) groups excluding carboxylic acids is 4. The zero-order chi connectivity index (χ0) is 17.1. The molecule has 1 fully saturated rings. The van der Waals surface area contributed by atoms with Crippen molar-refractivity contribution in [2.75, 3.05) is 14.2 Å². The van der Waals surface area contributed by atoms with Crippen molar-refractivity contribution in [1.29, 1.82) is 0 Å². The van der Waals surface area contributed by atoms with Gasteiger partial charge in [0.2, 0.25) is 5.91 Å². The van der Waals surface area contributed by atoms with Crippen molar-refractivity contribution in [3.63, 3.8) is 0 Å². The standard InChI is InChI=1S/C15H14N2O6/c1-17-14(21)12(13(20)16-15(17)22)10(19)6-4-8-3-5-9(18)11(7-8)23-2/h3-7,12,18H,1-2H3,(H,16,20,22)/b6-4+/t12-/m1/s1. The number of ether oxygens (including phenoxy) is 1. The Labute approximate surface area is 131 Å². The van der Waals surface area contributed by atoms with E-state index in [1.165, 1.54) is 38.4 Å². The number of carbonyl (C=O) groups is 4. The molecular weight excluding hydrogens is 304 g/mol. The van der Waals surface area contributed by atoms with Crippen molar-refractivity contribution in [3.8, 4) is 11.5 Å². The summed E-state index contributed by atoms with van der Waals surface area (Å²) >= 11 is 0. The summed E-state index contributed by atoms with van der Waals surface area (Å²) in [5.41, 5.74) is 0.529. The summed E-state index contributed by atoms with van der Waals surface area (Å²) < 4.78 is 4.94. The maximum absolute atomic E-state index is 12.1. The van der Waals surface area contributed by atoms with E-state index in [0.29, 0.717) is 10.5 Å². The highest BCUT2D eigenvalue weighted by Gasteiger charge is 2.42. The zero-order valence-electron chi connectivity index (χ0n) is 12.4. The number of amides is 4. The van der Waals surface area contributed by atoms with Gasteiger partial charge in [-0.15, -0.1) is 0 Å². The number of ketones is 1. The van der Waals surface area contributed by atoms with E-state index in [4.69, 9.17) is 4.74 Å². The highest BCUT2D eigenvalue weighted by atomic mass is 16.5. The molecule has 2 rings (SSSR count). The van der Waals surface area contributed by atoms with E-state index in [1.54, 1.807) is 0 Å². The average molecular weight is 318 g/mol. The summed E-state index contributed by atoms with van der Waals surface area (Å²) in [7, 11) is 2.56. The lowest BCUT2D eigenvalue weighted by Gasteiger charge is -2.25. The Morgan fingerprint density at radius 1 is 1.35 bits per heavy atom. The van der Waals surface area contributed by atoms with Gasteiger partial charge in [-0.3, -0.25) is 24.6 Å². The molecule has 0 saturated carbocycles. The zero-order valence-corrected chi connectivity index (χ0v) is 12.4. The quantitative estimate of drug-likeness (QED) is 0.610. The number of hydrogen-bond acceptors (Lipinski definition) is 6. The van der Waals surface area contributed by atoms with Crippen LogP contribution >= 0.6 is 0 Å². The topological polar surface area (TPSA) is 113 Å². The molecule has 0 unspecified atom stereocenters. The van der Waals surface area contributed by atoms with Crippen molar-refractivity contribution < 1.29 is 29.0 Å². The van der Waals surface area contributed by atoms with E-state index in [1.807, 2.05) is 5.32 Å². The van der Waals surface area contributed by atoms with Gasteiger partial charge in [0.1, 0.15) is 0 Å². The largest absolute Gasteiger partial charge is 0.504 e. The number of barbiturate groups is 1. The number of benzene rings is 1. The van der Waals surface area contributed by atoms with Crippen molar-refractivity contribution >= 4 is 29.7 Å². The Kier molecular flexibility index (Phi) is 4.44. The minimum atomic E-state index is -1.59. The van der Waals surface area contributed by atoms with Crippen LogP contribution in [0.3, 0.4) is 0 Å². The Morgan fingerprint density at radius 3 is 2.70 bits per heavy atom. The third kappa shape index (κ3) is 3.20. The number of urea groups is 1. The van der Waals surface area contributed by atoms with E-state index in [-0.39, 0.29) is 11.5 Å². The predicted octanol–water partition coefficient (Wildman–Crippen LogP) is 0.307. The molecule has 1 aromatic carbocycles. The molecule has 1 heterocycles. The van der Waals surface area contributed by atoms with Crippen LogP contribution in [0.1, 0.15) is 5.56 Å². The Balaban J connectivity index is 2.19. The van der Waals surface area contributed by atoms with Crippen molar-refractivity contribution in [2.45, 2.75) is 0 Å². The number of hydrogen-bond donors (Lipinski definition) is 2. The number of nitrogens with zero attached hydrogens (tertiary/aromatic N) is 1. The molecule has 0 aliphatic carbocycles. The molecule has 23 heavy (non-hydrogen) atoms. The summed E-state index contributed by atoms with van der Waals surface area (Å²) in [6, 6.07) is 3.53. The Morgan fingerprint density at radius 2 is 2.04 bits per heavy atom. The number of allylic oxidation sites excluding steroid dienone is 1. The molecule has 0 bridgehead atoms. The first-order valence-electron chi connectivity index (χ1n) is 6.56. The van der Waals surface area contributed by atoms with Crippen LogP contribution < -0.4 is 10.1 Å². The first-order valence-corrected chi connectivity index (χ1v) is 6.56. The first-order chi connectivity index (χ1) is 10.8. The molecule has 4 amide bonds. The highest BCUT2D eigenvalue weighted by molar-refractivity contribution is 6.28. The SMILES string of the molecule is COc1cc(/C=C/C(=O)[C@@H]2C(=O)NC(=O)N(C)C2=O)ccc1O. The van der Waals surface area contributed by atoms with Gasteiger partial charge in [0.25, 0.3) is 5.91 Å². The molecule has 1 atom stereocenters. The van der Waals surface area contributed by atoms with Gasteiger partial charge < -0.3 is 9.84 Å². The minimum Gasteiger partial charge on any atom is -0.504 e. The van der Waals surface area contributed by atoms with Crippen LogP contribution in [0, 0.1) is 5.92 Å². The van der Waals surface area contributed by atoms with Crippen LogP contribution in [0.5, 0.6) is 11.5 Å². The van der Waals surface area contributed by atoms with E-state index < -0.39 is 29.5 Å². The molecule has 0 spiro atoms. The van der Waals surface area contributed by atoms with Crippen molar-refractivity contribution in [2.24, 2.45) is 5.92 Å². The fourth-order valence-electron chi connectivity index (χ4n) is 1.99. The second kappa shape index (κ2) is 6.30. The lowest BCUT2D eigenvalue weighted by Crippen LogP contribution is -2.58. The summed E-state index contributed by atoms with van der Waals surface area (Å²) in [6.45, 7) is 0. The van der Waals surface area contributed by atoms with Gasteiger partial charge in [-0.25, -0.2) is 4.79 Å². The van der Waals surface area contributed by atoms with Crippen molar-refractivity contribution in [3.05, 3.63) is 29.8 Å². The molecule has 120 valence electrons. The number of nitrogens with one attached hydrogen (secondary N) is 1. The summed E-state index contributed by atoms with van der Waals surface area (Å²) in [5, 5.41) is 11.4. The Bertz CT molecular complexity index is 725. The molecule has 0 radical (unpaired) electrons. The van der Waals surface area contributed by atoms with Gasteiger partial charge in [0.05, 0.1) is 7.11 Å². The first kappa shape index (κ1) is 16.2. The van der Waals surface area contributed by atoms with Crippen LogP contribution in [0.2, 0.25) is 0 Å². The summed E-state index contributed by atoms with van der Waals surface area (Å²) in [4.78, 5) is 47.6. The van der Waals surface area contributed by atoms with Crippen LogP contribution in [-0.2, 0) is 14.4 Å². The lowest BCUT2D eigenvalue weighted by atomic mass is 9.98. The second-order valence-electron chi connectivity index (χ2n) is 4.79. The van der Waals surface area contributed by atoms with Gasteiger partial charge >= 0.3 is 6.03 Å². The fourth-order valence-corrected chi connectivity index (χ4v) is 1.99. The van der Waals surface area contributed by atoms with E-state index in [0.717, 1.165) is 6.08 Å². The highest BCUT2D eigenvalue weighted by Crippen LogP contribution is 2.26. The molecule has 2 N–H and O–H groups in total. The maximum atomic E-state index is 12.1.